The van der Waals surface area contributed by atoms with Crippen molar-refractivity contribution in [3.63, 3.8) is 0 Å². The highest BCUT2D eigenvalue weighted by atomic mass is 32.2. The highest BCUT2D eigenvalue weighted by molar-refractivity contribution is 7.89. The van der Waals surface area contributed by atoms with Gasteiger partial charge < -0.3 is 9.88 Å². The van der Waals surface area contributed by atoms with Crippen LogP contribution in [0.5, 0.6) is 0 Å². The maximum atomic E-state index is 14.3. The fraction of sp³-hybridized carbons (Fsp3) is 0.645. The predicted molar refractivity (Wildman–Crippen MR) is 155 cm³/mol. The van der Waals surface area contributed by atoms with Gasteiger partial charge in [0.25, 0.3) is 5.91 Å². The Kier molecular flexibility index (Phi) is 9.34. The first kappa shape index (κ1) is 31.6. The van der Waals surface area contributed by atoms with Gasteiger partial charge in [-0.25, -0.2) is 13.1 Å². The second-order valence-corrected chi connectivity index (χ2v) is 14.8. The average Bonchev–Trinajstić information content (AvgIpc) is 3.19. The number of carbonyl (C=O) groups is 1. The van der Waals surface area contributed by atoms with Crippen LogP contribution in [-0.2, 0) is 22.7 Å². The SMILES string of the molecule is Cc1c(C(=O)NC2CCC(C)CC2)cc(-c2ccc(S(=O)(=O)NC(C)(C)C)c(C(F)(F)F)c2)n1CC1CCCCC1. The van der Waals surface area contributed by atoms with Crippen molar-refractivity contribution in [2.24, 2.45) is 11.8 Å². The van der Waals surface area contributed by atoms with Crippen LogP contribution < -0.4 is 10.0 Å². The van der Waals surface area contributed by atoms with E-state index in [1.165, 1.54) is 12.5 Å². The number of hydrogen-bond donors (Lipinski definition) is 2. The van der Waals surface area contributed by atoms with Crippen molar-refractivity contribution in [2.45, 2.75) is 122 Å². The van der Waals surface area contributed by atoms with Crippen molar-refractivity contribution < 1.29 is 26.4 Å². The highest BCUT2D eigenvalue weighted by Crippen LogP contribution is 2.39. The molecular formula is C31H44F3N3O3S. The van der Waals surface area contributed by atoms with Gasteiger partial charge in [-0.2, -0.15) is 13.2 Å². The van der Waals surface area contributed by atoms with Crippen molar-refractivity contribution in [2.75, 3.05) is 0 Å². The number of alkyl halides is 3. The van der Waals surface area contributed by atoms with Crippen LogP contribution in [-0.4, -0.2) is 30.5 Å². The largest absolute Gasteiger partial charge is 0.417 e. The zero-order valence-electron chi connectivity index (χ0n) is 24.8. The molecule has 2 aromatic rings. The van der Waals surface area contributed by atoms with Gasteiger partial charge in [-0.3, -0.25) is 4.79 Å². The predicted octanol–water partition coefficient (Wildman–Crippen LogP) is 7.45. The van der Waals surface area contributed by atoms with Crippen LogP contribution in [0.3, 0.4) is 0 Å². The van der Waals surface area contributed by atoms with E-state index in [1.54, 1.807) is 26.8 Å². The third-order valence-corrected chi connectivity index (χ3v) is 10.3. The molecule has 0 bridgehead atoms. The molecule has 0 atom stereocenters. The van der Waals surface area contributed by atoms with Crippen LogP contribution in [0.15, 0.2) is 29.2 Å². The molecule has 2 aliphatic rings. The Morgan fingerprint density at radius 3 is 2.20 bits per heavy atom. The third-order valence-electron chi connectivity index (χ3n) is 8.44. The maximum absolute atomic E-state index is 14.3. The number of amides is 1. The van der Waals surface area contributed by atoms with E-state index >= 15 is 0 Å². The number of hydrogen-bond acceptors (Lipinski definition) is 3. The first-order valence-electron chi connectivity index (χ1n) is 14.8. The molecule has 10 heteroatoms. The third kappa shape index (κ3) is 7.74. The van der Waals surface area contributed by atoms with Crippen LogP contribution >= 0.6 is 0 Å². The second kappa shape index (κ2) is 12.1. The van der Waals surface area contributed by atoms with Gasteiger partial charge in [-0.15, -0.1) is 0 Å². The number of carbonyl (C=O) groups excluding carboxylic acids is 1. The number of rotatable bonds is 7. The number of sulfonamides is 1. The van der Waals surface area contributed by atoms with Crippen molar-refractivity contribution in [3.05, 3.63) is 41.1 Å². The summed E-state index contributed by atoms with van der Waals surface area (Å²) in [5, 5.41) is 3.16. The summed E-state index contributed by atoms with van der Waals surface area (Å²) in [6, 6.07) is 5.12. The summed E-state index contributed by atoms with van der Waals surface area (Å²) in [6.45, 7) is 9.39. The molecule has 2 aliphatic carbocycles. The van der Waals surface area contributed by atoms with E-state index in [0.29, 0.717) is 35.3 Å². The highest BCUT2D eigenvalue weighted by Gasteiger charge is 2.39. The molecule has 2 N–H and O–H groups in total. The molecule has 0 spiro atoms. The molecule has 1 aromatic carbocycles. The summed E-state index contributed by atoms with van der Waals surface area (Å²) < 4.78 is 73.2. The monoisotopic (exact) mass is 595 g/mol. The average molecular weight is 596 g/mol. The Bertz CT molecular complexity index is 1350. The van der Waals surface area contributed by atoms with E-state index in [-0.39, 0.29) is 17.5 Å². The minimum atomic E-state index is -4.90. The zero-order chi connectivity index (χ0) is 30.2. The minimum Gasteiger partial charge on any atom is -0.349 e. The number of halogens is 3. The first-order chi connectivity index (χ1) is 19.0. The lowest BCUT2D eigenvalue weighted by molar-refractivity contribution is -0.139. The van der Waals surface area contributed by atoms with Gasteiger partial charge in [0.2, 0.25) is 10.0 Å². The molecule has 41 heavy (non-hydrogen) atoms. The molecule has 0 saturated heterocycles. The van der Waals surface area contributed by atoms with Crippen LogP contribution in [0, 0.1) is 18.8 Å². The summed E-state index contributed by atoms with van der Waals surface area (Å²) in [4.78, 5) is 12.6. The van der Waals surface area contributed by atoms with Crippen molar-refractivity contribution in [1.82, 2.24) is 14.6 Å². The lowest BCUT2D eigenvalue weighted by Gasteiger charge is -2.27. The molecule has 1 aromatic heterocycles. The standard InChI is InChI=1S/C31H44F3N3O3S/c1-20-11-14-24(15-12-20)35-29(38)25-18-27(37(21(25)2)19-22-9-7-6-8-10-22)23-13-16-28(26(17-23)31(32,33)34)41(39,40)36-30(3,4)5/h13,16-18,20,22,24,36H,6-12,14-15,19H2,1-5H3,(H,35,38). The number of aromatic nitrogens is 1. The Hall–Kier alpha value is -2.33. The smallest absolute Gasteiger partial charge is 0.349 e. The Balaban J connectivity index is 1.77. The van der Waals surface area contributed by atoms with Gasteiger partial charge in [0.1, 0.15) is 0 Å². The molecule has 0 unspecified atom stereocenters. The van der Waals surface area contributed by atoms with E-state index in [9.17, 15) is 26.4 Å². The molecule has 0 radical (unpaired) electrons. The number of nitrogens with one attached hydrogen (secondary N) is 2. The summed E-state index contributed by atoms with van der Waals surface area (Å²) in [6.07, 6.45) is 4.49. The first-order valence-corrected chi connectivity index (χ1v) is 16.3. The molecule has 0 aliphatic heterocycles. The summed E-state index contributed by atoms with van der Waals surface area (Å²) in [5.41, 5.74) is -0.284. The fourth-order valence-corrected chi connectivity index (χ4v) is 7.88. The van der Waals surface area contributed by atoms with E-state index in [4.69, 9.17) is 0 Å². The number of benzene rings is 1. The molecule has 1 heterocycles. The molecule has 2 saturated carbocycles. The van der Waals surface area contributed by atoms with Crippen molar-refractivity contribution in [3.8, 4) is 11.3 Å². The van der Waals surface area contributed by atoms with Crippen molar-refractivity contribution in [1.29, 1.82) is 0 Å². The number of nitrogens with zero attached hydrogens (tertiary/aromatic N) is 1. The molecule has 228 valence electrons. The molecule has 2 fully saturated rings. The normalized spacial score (nSPS) is 21.2. The van der Waals surface area contributed by atoms with Gasteiger partial charge in [0.05, 0.1) is 16.0 Å². The second-order valence-electron chi connectivity index (χ2n) is 13.1. The van der Waals surface area contributed by atoms with E-state index in [2.05, 4.69) is 17.0 Å². The quantitative estimate of drug-likeness (QED) is 0.349. The van der Waals surface area contributed by atoms with E-state index in [1.807, 2.05) is 11.5 Å². The van der Waals surface area contributed by atoms with Crippen LogP contribution in [0.1, 0.15) is 107 Å². The lowest BCUT2D eigenvalue weighted by atomic mass is 9.87. The van der Waals surface area contributed by atoms with Gasteiger partial charge in [-0.05, 0) is 102 Å². The van der Waals surface area contributed by atoms with E-state index in [0.717, 1.165) is 63.5 Å². The lowest BCUT2D eigenvalue weighted by Crippen LogP contribution is -2.41. The van der Waals surface area contributed by atoms with Crippen LogP contribution in [0.4, 0.5) is 13.2 Å². The molecule has 6 nitrogen and oxygen atoms in total. The zero-order valence-corrected chi connectivity index (χ0v) is 25.6. The summed E-state index contributed by atoms with van der Waals surface area (Å²) in [5.74, 6) is 0.790. The van der Waals surface area contributed by atoms with Gasteiger partial charge in [0.15, 0.2) is 0 Å². The Labute approximate surface area is 242 Å². The Morgan fingerprint density at radius 2 is 1.61 bits per heavy atom. The fourth-order valence-electron chi connectivity index (χ4n) is 6.25. The Morgan fingerprint density at radius 1 is 0.976 bits per heavy atom. The van der Waals surface area contributed by atoms with Crippen molar-refractivity contribution >= 4 is 15.9 Å². The van der Waals surface area contributed by atoms with Gasteiger partial charge in [0, 0.05) is 29.5 Å². The van der Waals surface area contributed by atoms with Crippen LogP contribution in [0.2, 0.25) is 0 Å². The summed E-state index contributed by atoms with van der Waals surface area (Å²) in [7, 11) is -4.44. The minimum absolute atomic E-state index is 0.0832. The topological polar surface area (TPSA) is 80.2 Å². The van der Waals surface area contributed by atoms with Gasteiger partial charge >= 0.3 is 6.18 Å². The molecule has 1 amide bonds. The summed E-state index contributed by atoms with van der Waals surface area (Å²) >= 11 is 0. The maximum Gasteiger partial charge on any atom is 0.417 e. The van der Waals surface area contributed by atoms with E-state index < -0.39 is 32.2 Å². The van der Waals surface area contributed by atoms with Crippen LogP contribution in [0.25, 0.3) is 11.3 Å². The molecule has 4 rings (SSSR count). The molecular weight excluding hydrogens is 551 g/mol. The van der Waals surface area contributed by atoms with Gasteiger partial charge in [-0.1, -0.05) is 32.3 Å².